The van der Waals surface area contributed by atoms with E-state index in [2.05, 4.69) is 4.74 Å². The maximum atomic E-state index is 11.8. The molecule has 0 radical (unpaired) electrons. The van der Waals surface area contributed by atoms with Crippen LogP contribution in [0.15, 0.2) is 18.2 Å². The fraction of sp³-hybridized carbons (Fsp3) is 0.300. The second-order valence-corrected chi connectivity index (χ2v) is 4.73. The summed E-state index contributed by atoms with van der Waals surface area (Å²) in [5, 5.41) is 0.291. The summed E-state index contributed by atoms with van der Waals surface area (Å²) < 4.78 is 40.0. The summed E-state index contributed by atoms with van der Waals surface area (Å²) in [6, 6.07) is 4.11. The maximum Gasteiger partial charge on any atom is 0.441 e. The second-order valence-electron chi connectivity index (χ2n) is 3.17. The molecule has 3 nitrogen and oxygen atoms in total. The van der Waals surface area contributed by atoms with E-state index in [4.69, 9.17) is 17.3 Å². The van der Waals surface area contributed by atoms with Crippen LogP contribution in [0.1, 0.15) is 10.4 Å². The van der Waals surface area contributed by atoms with Crippen molar-refractivity contribution in [3.63, 3.8) is 0 Å². The summed E-state index contributed by atoms with van der Waals surface area (Å²) >= 11 is 5.41. The Kier molecular flexibility index (Phi) is 5.15. The molecule has 18 heavy (non-hydrogen) atoms. The summed E-state index contributed by atoms with van der Waals surface area (Å²) in [4.78, 5) is 11.4. The van der Waals surface area contributed by atoms with Gasteiger partial charge >= 0.3 is 11.5 Å². The number of carbonyl (C=O) groups excluding carboxylic acids is 1. The second kappa shape index (κ2) is 6.19. The number of carbonyl (C=O) groups is 1. The molecular formula is C10H9ClF3NO2S. The van der Waals surface area contributed by atoms with E-state index in [0.717, 1.165) is 0 Å². The summed E-state index contributed by atoms with van der Waals surface area (Å²) in [6.07, 6.45) is 0. The van der Waals surface area contributed by atoms with E-state index in [-0.39, 0.29) is 35.4 Å². The number of rotatable bonds is 4. The number of benzene rings is 1. The molecule has 2 N–H and O–H groups in total. The molecular weight excluding hydrogens is 291 g/mol. The third kappa shape index (κ3) is 5.05. The van der Waals surface area contributed by atoms with Crippen LogP contribution in [0.4, 0.5) is 18.9 Å². The topological polar surface area (TPSA) is 52.3 Å². The van der Waals surface area contributed by atoms with Crippen molar-refractivity contribution in [3.8, 4) is 0 Å². The van der Waals surface area contributed by atoms with E-state index in [9.17, 15) is 18.0 Å². The highest BCUT2D eigenvalue weighted by Gasteiger charge is 2.27. The normalized spacial score (nSPS) is 11.3. The fourth-order valence-corrected chi connectivity index (χ4v) is 1.56. The van der Waals surface area contributed by atoms with E-state index in [1.54, 1.807) is 0 Å². The largest absolute Gasteiger partial charge is 0.461 e. The molecule has 0 spiro atoms. The molecule has 0 heterocycles. The summed E-state index contributed by atoms with van der Waals surface area (Å²) in [5.74, 6) is -1.08. The average molecular weight is 300 g/mol. The molecule has 100 valence electrons. The van der Waals surface area contributed by atoms with Crippen LogP contribution in [0.5, 0.6) is 0 Å². The Morgan fingerprint density at radius 1 is 1.44 bits per heavy atom. The Labute approximate surface area is 110 Å². The number of halogens is 4. The van der Waals surface area contributed by atoms with Gasteiger partial charge in [0.25, 0.3) is 0 Å². The smallest absolute Gasteiger partial charge is 0.441 e. The highest BCUT2D eigenvalue weighted by Crippen LogP contribution is 2.29. The van der Waals surface area contributed by atoms with Crippen molar-refractivity contribution < 1.29 is 22.7 Å². The Morgan fingerprint density at radius 3 is 2.67 bits per heavy atom. The monoisotopic (exact) mass is 299 g/mol. The zero-order valence-corrected chi connectivity index (χ0v) is 10.5. The summed E-state index contributed by atoms with van der Waals surface area (Å²) in [7, 11) is 0. The standard InChI is InChI=1S/C10H9ClF3NO2S/c11-7-2-1-6(5-8(7)15)9(16)17-3-4-18-10(12,13)14/h1-2,5H,3-4,15H2. The SMILES string of the molecule is Nc1cc(C(=O)OCCSC(F)(F)F)ccc1Cl. The van der Waals surface area contributed by atoms with Gasteiger partial charge in [0.2, 0.25) is 0 Å². The van der Waals surface area contributed by atoms with Crippen LogP contribution in [0, 0.1) is 0 Å². The highest BCUT2D eigenvalue weighted by molar-refractivity contribution is 8.00. The lowest BCUT2D eigenvalue weighted by Crippen LogP contribution is -2.11. The quantitative estimate of drug-likeness (QED) is 0.526. The van der Waals surface area contributed by atoms with Gasteiger partial charge in [-0.2, -0.15) is 13.2 Å². The number of ether oxygens (including phenoxy) is 1. The Bertz CT molecular complexity index is 440. The van der Waals surface area contributed by atoms with Crippen LogP contribution >= 0.6 is 23.4 Å². The predicted molar refractivity (Wildman–Crippen MR) is 64.7 cm³/mol. The molecule has 0 atom stereocenters. The van der Waals surface area contributed by atoms with Gasteiger partial charge in [-0.05, 0) is 30.0 Å². The van der Waals surface area contributed by atoms with E-state index in [0.29, 0.717) is 5.02 Å². The molecule has 0 bridgehead atoms. The van der Waals surface area contributed by atoms with E-state index in [1.165, 1.54) is 18.2 Å². The molecule has 0 fully saturated rings. The minimum atomic E-state index is -4.32. The van der Waals surface area contributed by atoms with Crippen molar-refractivity contribution >= 4 is 35.0 Å². The van der Waals surface area contributed by atoms with Crippen LogP contribution in [-0.4, -0.2) is 23.8 Å². The molecule has 0 aliphatic carbocycles. The van der Waals surface area contributed by atoms with Crippen molar-refractivity contribution in [3.05, 3.63) is 28.8 Å². The lowest BCUT2D eigenvalue weighted by atomic mass is 10.2. The van der Waals surface area contributed by atoms with E-state index in [1.807, 2.05) is 0 Å². The number of thioether (sulfide) groups is 1. The van der Waals surface area contributed by atoms with Crippen LogP contribution in [0.25, 0.3) is 0 Å². The van der Waals surface area contributed by atoms with Gasteiger partial charge < -0.3 is 10.5 Å². The van der Waals surface area contributed by atoms with Gasteiger partial charge in [0.15, 0.2) is 0 Å². The molecule has 0 amide bonds. The van der Waals surface area contributed by atoms with Crippen molar-refractivity contribution in [1.82, 2.24) is 0 Å². The molecule has 0 saturated heterocycles. The van der Waals surface area contributed by atoms with Crippen LogP contribution < -0.4 is 5.73 Å². The number of anilines is 1. The zero-order valence-electron chi connectivity index (χ0n) is 8.96. The van der Waals surface area contributed by atoms with Crippen molar-refractivity contribution in [1.29, 1.82) is 0 Å². The Balaban J connectivity index is 2.43. The highest BCUT2D eigenvalue weighted by atomic mass is 35.5. The Morgan fingerprint density at radius 2 is 2.11 bits per heavy atom. The first-order chi connectivity index (χ1) is 8.29. The average Bonchev–Trinajstić information content (AvgIpc) is 2.26. The molecule has 0 aromatic heterocycles. The number of hydrogen-bond acceptors (Lipinski definition) is 4. The zero-order chi connectivity index (χ0) is 13.8. The van der Waals surface area contributed by atoms with Gasteiger partial charge in [-0.25, -0.2) is 4.79 Å². The van der Waals surface area contributed by atoms with E-state index >= 15 is 0 Å². The number of esters is 1. The number of alkyl halides is 3. The molecule has 1 aromatic carbocycles. The third-order valence-corrected chi connectivity index (χ3v) is 2.86. The number of nitrogens with two attached hydrogens (primary N) is 1. The van der Waals surface area contributed by atoms with Gasteiger partial charge in [0.05, 0.1) is 16.3 Å². The number of nitrogen functional groups attached to an aromatic ring is 1. The third-order valence-electron chi connectivity index (χ3n) is 1.81. The minimum absolute atomic E-state index is 0.147. The summed E-state index contributed by atoms with van der Waals surface area (Å²) in [6.45, 7) is -0.328. The van der Waals surface area contributed by atoms with Crippen molar-refractivity contribution in [2.45, 2.75) is 5.51 Å². The molecule has 8 heteroatoms. The lowest BCUT2D eigenvalue weighted by molar-refractivity contribution is -0.0331. The van der Waals surface area contributed by atoms with Crippen molar-refractivity contribution in [2.24, 2.45) is 0 Å². The fourth-order valence-electron chi connectivity index (χ4n) is 1.05. The van der Waals surface area contributed by atoms with Gasteiger partial charge in [-0.3, -0.25) is 0 Å². The lowest BCUT2D eigenvalue weighted by Gasteiger charge is -2.07. The van der Waals surface area contributed by atoms with Gasteiger partial charge in [-0.15, -0.1) is 0 Å². The predicted octanol–water partition coefficient (Wildman–Crippen LogP) is 3.33. The first-order valence-corrected chi connectivity index (χ1v) is 6.09. The van der Waals surface area contributed by atoms with Crippen molar-refractivity contribution in [2.75, 3.05) is 18.1 Å². The van der Waals surface area contributed by atoms with Gasteiger partial charge in [0.1, 0.15) is 6.61 Å². The van der Waals surface area contributed by atoms with Crippen LogP contribution in [-0.2, 0) is 4.74 Å². The maximum absolute atomic E-state index is 11.8. The van der Waals surface area contributed by atoms with Gasteiger partial charge in [0, 0.05) is 5.75 Å². The Hall–Kier alpha value is -1.08. The van der Waals surface area contributed by atoms with Crippen LogP contribution in [0.3, 0.4) is 0 Å². The first-order valence-electron chi connectivity index (χ1n) is 4.72. The minimum Gasteiger partial charge on any atom is -0.461 e. The molecule has 1 rings (SSSR count). The molecule has 0 unspecified atom stereocenters. The molecule has 0 aliphatic rings. The molecule has 0 saturated carbocycles. The van der Waals surface area contributed by atoms with E-state index < -0.39 is 11.5 Å². The number of hydrogen-bond donors (Lipinski definition) is 1. The molecule has 0 aliphatic heterocycles. The van der Waals surface area contributed by atoms with Gasteiger partial charge in [-0.1, -0.05) is 11.6 Å². The summed E-state index contributed by atoms with van der Waals surface area (Å²) in [5.41, 5.74) is 1.51. The first kappa shape index (κ1) is 15.0. The molecule has 1 aromatic rings. The van der Waals surface area contributed by atoms with Crippen LogP contribution in [0.2, 0.25) is 5.02 Å².